The summed E-state index contributed by atoms with van der Waals surface area (Å²) in [5.74, 6) is -0.441. The fraction of sp³-hybridized carbons (Fsp3) is 0.222. The Morgan fingerprint density at radius 3 is 2.50 bits per heavy atom. The van der Waals surface area contributed by atoms with Gasteiger partial charge in [-0.1, -0.05) is 85.1 Å². The number of fused-ring (bicyclic) bond motifs is 1. The zero-order valence-electron chi connectivity index (χ0n) is 19.3. The molecule has 4 rings (SSSR count). The van der Waals surface area contributed by atoms with Crippen LogP contribution in [0.5, 0.6) is 0 Å². The quantitative estimate of drug-likeness (QED) is 0.397. The van der Waals surface area contributed by atoms with Gasteiger partial charge in [0.25, 0.3) is 0 Å². The molecule has 2 aliphatic heterocycles. The van der Waals surface area contributed by atoms with Gasteiger partial charge in [-0.15, -0.1) is 0 Å². The Balaban J connectivity index is 1.61. The SMILES string of the molecule is C=CCOC(=O)C1=C(C)N=C2SC=C(CC(=O)N(C)Cc3ccccc3)N2C1c1ccccc1. The van der Waals surface area contributed by atoms with Crippen molar-refractivity contribution in [2.75, 3.05) is 13.7 Å². The lowest BCUT2D eigenvalue weighted by Gasteiger charge is -2.36. The van der Waals surface area contributed by atoms with Crippen LogP contribution in [0.25, 0.3) is 0 Å². The summed E-state index contributed by atoms with van der Waals surface area (Å²) in [6.45, 7) is 6.10. The molecule has 0 fully saturated rings. The number of aliphatic imine (C=N–C) groups is 1. The Morgan fingerprint density at radius 2 is 1.82 bits per heavy atom. The van der Waals surface area contributed by atoms with Gasteiger partial charge in [-0.25, -0.2) is 9.79 Å². The Hall–Kier alpha value is -3.58. The third kappa shape index (κ3) is 4.99. The summed E-state index contributed by atoms with van der Waals surface area (Å²) >= 11 is 1.47. The monoisotopic (exact) mass is 473 g/mol. The lowest BCUT2D eigenvalue weighted by molar-refractivity contribution is -0.138. The highest BCUT2D eigenvalue weighted by Gasteiger charge is 2.41. The maximum absolute atomic E-state index is 13.1. The predicted molar refractivity (Wildman–Crippen MR) is 136 cm³/mol. The van der Waals surface area contributed by atoms with E-state index in [2.05, 4.69) is 11.6 Å². The maximum Gasteiger partial charge on any atom is 0.338 e. The Labute approximate surface area is 204 Å². The lowest BCUT2D eigenvalue weighted by atomic mass is 9.94. The van der Waals surface area contributed by atoms with Crippen molar-refractivity contribution in [3.8, 4) is 0 Å². The highest BCUT2D eigenvalue weighted by Crippen LogP contribution is 2.44. The number of rotatable bonds is 8. The number of nitrogens with zero attached hydrogens (tertiary/aromatic N) is 3. The van der Waals surface area contributed by atoms with E-state index in [1.54, 1.807) is 18.0 Å². The summed E-state index contributed by atoms with van der Waals surface area (Å²) in [6.07, 6.45) is 1.74. The molecule has 2 aliphatic rings. The fourth-order valence-electron chi connectivity index (χ4n) is 4.03. The van der Waals surface area contributed by atoms with Crippen LogP contribution in [0.3, 0.4) is 0 Å². The molecule has 0 aromatic heterocycles. The van der Waals surface area contributed by atoms with Crippen molar-refractivity contribution >= 4 is 28.8 Å². The van der Waals surface area contributed by atoms with Crippen LogP contribution in [0.15, 0.2) is 101 Å². The summed E-state index contributed by atoms with van der Waals surface area (Å²) in [7, 11) is 1.81. The minimum Gasteiger partial charge on any atom is -0.458 e. The van der Waals surface area contributed by atoms with E-state index in [4.69, 9.17) is 4.74 Å². The van der Waals surface area contributed by atoms with Crippen LogP contribution in [-0.2, 0) is 20.9 Å². The molecule has 0 N–H and O–H groups in total. The average Bonchev–Trinajstić information content (AvgIpc) is 3.24. The molecular formula is C27H27N3O3S. The Bertz CT molecular complexity index is 1170. The number of hydrogen-bond donors (Lipinski definition) is 0. The number of amidine groups is 1. The van der Waals surface area contributed by atoms with Crippen molar-refractivity contribution in [2.45, 2.75) is 25.9 Å². The van der Waals surface area contributed by atoms with E-state index in [0.717, 1.165) is 22.0 Å². The number of hydrogen-bond acceptors (Lipinski definition) is 6. The van der Waals surface area contributed by atoms with Gasteiger partial charge in [-0.05, 0) is 23.5 Å². The van der Waals surface area contributed by atoms with Crippen molar-refractivity contribution in [2.24, 2.45) is 4.99 Å². The first-order valence-corrected chi connectivity index (χ1v) is 11.9. The number of carbonyl (C=O) groups is 2. The van der Waals surface area contributed by atoms with Crippen LogP contribution in [0.1, 0.15) is 30.5 Å². The molecule has 1 atom stereocenters. The summed E-state index contributed by atoms with van der Waals surface area (Å²) in [6, 6.07) is 19.2. The largest absolute Gasteiger partial charge is 0.458 e. The first kappa shape index (κ1) is 23.6. The highest BCUT2D eigenvalue weighted by atomic mass is 32.2. The van der Waals surface area contributed by atoms with E-state index < -0.39 is 12.0 Å². The predicted octanol–water partition coefficient (Wildman–Crippen LogP) is 5.04. The minimum absolute atomic E-state index is 0.00850. The molecule has 0 aliphatic carbocycles. The van der Waals surface area contributed by atoms with Crippen molar-refractivity contribution in [1.29, 1.82) is 0 Å². The number of thioether (sulfide) groups is 1. The first-order chi connectivity index (χ1) is 16.5. The number of amides is 1. The Kier molecular flexibility index (Phi) is 7.33. The molecule has 0 saturated carbocycles. The zero-order valence-corrected chi connectivity index (χ0v) is 20.1. The molecular weight excluding hydrogens is 446 g/mol. The van der Waals surface area contributed by atoms with Crippen molar-refractivity contribution in [3.05, 3.63) is 107 Å². The zero-order chi connectivity index (χ0) is 24.1. The summed E-state index contributed by atoms with van der Waals surface area (Å²) in [4.78, 5) is 34.6. The fourth-order valence-corrected chi connectivity index (χ4v) is 4.99. The summed E-state index contributed by atoms with van der Waals surface area (Å²) in [5, 5.41) is 2.70. The molecule has 7 heteroatoms. The summed E-state index contributed by atoms with van der Waals surface area (Å²) < 4.78 is 5.41. The van der Waals surface area contributed by atoms with Crippen LogP contribution >= 0.6 is 11.8 Å². The van der Waals surface area contributed by atoms with Crippen LogP contribution in [0.2, 0.25) is 0 Å². The number of esters is 1. The van der Waals surface area contributed by atoms with Gasteiger partial charge >= 0.3 is 5.97 Å². The van der Waals surface area contributed by atoms with E-state index in [-0.39, 0.29) is 18.9 Å². The topological polar surface area (TPSA) is 62.2 Å². The molecule has 2 aromatic carbocycles. The smallest absolute Gasteiger partial charge is 0.338 e. The second-order valence-corrected chi connectivity index (χ2v) is 8.94. The van der Waals surface area contributed by atoms with Crippen molar-refractivity contribution < 1.29 is 14.3 Å². The third-order valence-electron chi connectivity index (χ3n) is 5.69. The molecule has 34 heavy (non-hydrogen) atoms. The van der Waals surface area contributed by atoms with Gasteiger partial charge in [0.05, 0.1) is 23.7 Å². The number of carbonyl (C=O) groups excluding carboxylic acids is 2. The van der Waals surface area contributed by atoms with E-state index in [1.807, 2.05) is 77.9 Å². The van der Waals surface area contributed by atoms with E-state index in [0.29, 0.717) is 17.8 Å². The normalized spacial score (nSPS) is 17.0. The maximum atomic E-state index is 13.1. The van der Waals surface area contributed by atoms with Crippen LogP contribution in [0.4, 0.5) is 0 Å². The molecule has 6 nitrogen and oxygen atoms in total. The van der Waals surface area contributed by atoms with E-state index in [9.17, 15) is 9.59 Å². The third-order valence-corrected chi connectivity index (χ3v) is 6.58. The molecule has 1 unspecified atom stereocenters. The molecule has 0 bridgehead atoms. The van der Waals surface area contributed by atoms with E-state index >= 15 is 0 Å². The van der Waals surface area contributed by atoms with Gasteiger partial charge < -0.3 is 14.5 Å². The van der Waals surface area contributed by atoms with Crippen LogP contribution < -0.4 is 0 Å². The molecule has 0 saturated heterocycles. The van der Waals surface area contributed by atoms with Gasteiger partial charge in [0.2, 0.25) is 5.91 Å². The second kappa shape index (κ2) is 10.6. The van der Waals surface area contributed by atoms with Crippen molar-refractivity contribution in [3.63, 3.8) is 0 Å². The molecule has 2 heterocycles. The number of allylic oxidation sites excluding steroid dienone is 1. The highest BCUT2D eigenvalue weighted by molar-refractivity contribution is 8.16. The van der Waals surface area contributed by atoms with Gasteiger partial charge in [0.1, 0.15) is 6.61 Å². The molecule has 0 radical (unpaired) electrons. The minimum atomic E-state index is -0.433. The van der Waals surface area contributed by atoms with Gasteiger partial charge in [0, 0.05) is 19.3 Å². The lowest BCUT2D eigenvalue weighted by Crippen LogP contribution is -2.38. The number of ether oxygens (including phenoxy) is 1. The number of benzene rings is 2. The average molecular weight is 474 g/mol. The standard InChI is InChI=1S/C27H27N3O3S/c1-4-15-33-26(32)24-19(2)28-27-30(25(24)21-13-9-6-10-14-21)22(18-34-27)16-23(31)29(3)17-20-11-7-5-8-12-20/h4-14,18,25H,1,15-17H2,2-3H3. The summed E-state index contributed by atoms with van der Waals surface area (Å²) in [5.41, 5.74) is 3.89. The van der Waals surface area contributed by atoms with Gasteiger partial charge in [0.15, 0.2) is 5.17 Å². The molecule has 0 spiro atoms. The molecule has 174 valence electrons. The Morgan fingerprint density at radius 1 is 1.15 bits per heavy atom. The van der Waals surface area contributed by atoms with Gasteiger partial charge in [-0.2, -0.15) is 0 Å². The van der Waals surface area contributed by atoms with E-state index in [1.165, 1.54) is 11.8 Å². The molecule has 1 amide bonds. The van der Waals surface area contributed by atoms with Crippen molar-refractivity contribution in [1.82, 2.24) is 9.80 Å². The first-order valence-electron chi connectivity index (χ1n) is 11.0. The second-order valence-electron chi connectivity index (χ2n) is 8.10. The van der Waals surface area contributed by atoms with Crippen LogP contribution in [-0.4, -0.2) is 40.5 Å². The van der Waals surface area contributed by atoms with Gasteiger partial charge in [-0.3, -0.25) is 4.79 Å². The van der Waals surface area contributed by atoms with Crippen LogP contribution in [0, 0.1) is 0 Å². The molecule has 2 aromatic rings.